The lowest BCUT2D eigenvalue weighted by Crippen LogP contribution is -2.45. The molecule has 13 heavy (non-hydrogen) atoms. The zero-order valence-corrected chi connectivity index (χ0v) is 7.62. The van der Waals surface area contributed by atoms with Gasteiger partial charge in [0.1, 0.15) is 5.92 Å². The Morgan fingerprint density at radius 2 is 2.31 bits per heavy atom. The number of likely N-dealkylation sites (tertiary alicyclic amines) is 1. The molecule has 0 N–H and O–H groups in total. The second-order valence-electron chi connectivity index (χ2n) is 3.13. The summed E-state index contributed by atoms with van der Waals surface area (Å²) in [6.07, 6.45) is 1.33. The molecule has 4 heteroatoms. The van der Waals surface area contributed by atoms with E-state index in [9.17, 15) is 9.59 Å². The zero-order chi connectivity index (χ0) is 9.84. The van der Waals surface area contributed by atoms with Gasteiger partial charge in [0.25, 0.3) is 5.91 Å². The molecule has 70 valence electrons. The van der Waals surface area contributed by atoms with Crippen LogP contribution in [0.15, 0.2) is 0 Å². The van der Waals surface area contributed by atoms with E-state index in [2.05, 4.69) is 0 Å². The van der Waals surface area contributed by atoms with Crippen molar-refractivity contribution >= 4 is 11.7 Å². The molecule has 0 radical (unpaired) electrons. The van der Waals surface area contributed by atoms with Crippen LogP contribution in [-0.2, 0) is 9.59 Å². The van der Waals surface area contributed by atoms with Crippen molar-refractivity contribution in [3.05, 3.63) is 0 Å². The molecule has 0 aliphatic carbocycles. The van der Waals surface area contributed by atoms with Crippen LogP contribution >= 0.6 is 0 Å². The number of rotatable bonds is 2. The summed E-state index contributed by atoms with van der Waals surface area (Å²) in [6.45, 7) is 3.10. The van der Waals surface area contributed by atoms with Gasteiger partial charge >= 0.3 is 0 Å². The number of carbonyl (C=O) groups is 2. The average molecular weight is 180 g/mol. The van der Waals surface area contributed by atoms with E-state index in [0.29, 0.717) is 19.5 Å². The van der Waals surface area contributed by atoms with Gasteiger partial charge in [0.2, 0.25) is 5.78 Å². The second-order valence-corrected chi connectivity index (χ2v) is 3.13. The molecule has 1 amide bonds. The number of Topliss-reactive ketones (excluding diaryl/α,β-unsaturated/α-hetero) is 1. The fourth-order valence-corrected chi connectivity index (χ4v) is 1.43. The van der Waals surface area contributed by atoms with Crippen LogP contribution < -0.4 is 0 Å². The topological polar surface area (TPSA) is 61.2 Å². The number of carbonyl (C=O) groups excluding carboxylic acids is 2. The van der Waals surface area contributed by atoms with Crippen LogP contribution in [0.1, 0.15) is 19.8 Å². The van der Waals surface area contributed by atoms with E-state index in [4.69, 9.17) is 5.26 Å². The van der Waals surface area contributed by atoms with Gasteiger partial charge in [-0.25, -0.2) is 0 Å². The molecule has 1 aliphatic rings. The van der Waals surface area contributed by atoms with Crippen LogP contribution in [-0.4, -0.2) is 29.7 Å². The molecule has 1 unspecified atom stereocenters. The molecule has 0 bridgehead atoms. The highest BCUT2D eigenvalue weighted by Gasteiger charge is 2.33. The number of hydrogen-bond donors (Lipinski definition) is 0. The summed E-state index contributed by atoms with van der Waals surface area (Å²) in [4.78, 5) is 24.1. The van der Waals surface area contributed by atoms with Crippen molar-refractivity contribution in [2.75, 3.05) is 13.1 Å². The van der Waals surface area contributed by atoms with Crippen LogP contribution in [0.4, 0.5) is 0 Å². The van der Waals surface area contributed by atoms with E-state index >= 15 is 0 Å². The Morgan fingerprint density at radius 3 is 2.85 bits per heavy atom. The third-order valence-corrected chi connectivity index (χ3v) is 2.15. The fourth-order valence-electron chi connectivity index (χ4n) is 1.43. The predicted octanol–water partition coefficient (Wildman–Crippen LogP) is 0.338. The maximum Gasteiger partial charge on any atom is 0.291 e. The van der Waals surface area contributed by atoms with E-state index < -0.39 is 17.6 Å². The van der Waals surface area contributed by atoms with Crippen LogP contribution in [0.5, 0.6) is 0 Å². The molecule has 1 heterocycles. The number of amides is 1. The first kappa shape index (κ1) is 9.72. The molecule has 1 saturated heterocycles. The maximum absolute atomic E-state index is 11.3. The SMILES string of the molecule is CCCN1CCC(C#N)C(=O)C1=O. The largest absolute Gasteiger partial charge is 0.336 e. The van der Waals surface area contributed by atoms with Gasteiger partial charge in [-0.15, -0.1) is 0 Å². The van der Waals surface area contributed by atoms with Gasteiger partial charge in [-0.2, -0.15) is 5.26 Å². The first-order valence-corrected chi connectivity index (χ1v) is 4.43. The van der Waals surface area contributed by atoms with Gasteiger partial charge in [0.05, 0.1) is 6.07 Å². The number of ketones is 1. The molecule has 0 spiro atoms. The van der Waals surface area contributed by atoms with E-state index in [0.717, 1.165) is 6.42 Å². The second kappa shape index (κ2) is 4.04. The minimum atomic E-state index is -0.708. The van der Waals surface area contributed by atoms with Crippen molar-refractivity contribution in [1.29, 1.82) is 5.26 Å². The number of nitriles is 1. The minimum absolute atomic E-state index is 0.486. The van der Waals surface area contributed by atoms with E-state index in [1.807, 2.05) is 13.0 Å². The third kappa shape index (κ3) is 1.86. The number of hydrogen-bond acceptors (Lipinski definition) is 3. The summed E-state index contributed by atoms with van der Waals surface area (Å²) in [6, 6.07) is 1.85. The highest BCUT2D eigenvalue weighted by atomic mass is 16.2. The first-order valence-electron chi connectivity index (χ1n) is 4.43. The van der Waals surface area contributed by atoms with Crippen molar-refractivity contribution < 1.29 is 9.59 Å². The standard InChI is InChI=1S/C9H12N2O2/c1-2-4-11-5-3-7(6-10)8(12)9(11)13/h7H,2-5H2,1H3. The number of piperidine rings is 1. The summed E-state index contributed by atoms with van der Waals surface area (Å²) in [7, 11) is 0. The molecule has 0 saturated carbocycles. The Hall–Kier alpha value is -1.37. The summed E-state index contributed by atoms with van der Waals surface area (Å²) in [5, 5.41) is 8.55. The molecule has 1 aliphatic heterocycles. The fraction of sp³-hybridized carbons (Fsp3) is 0.667. The predicted molar refractivity (Wildman–Crippen MR) is 45.6 cm³/mol. The number of nitrogens with zero attached hydrogens (tertiary/aromatic N) is 2. The molecule has 1 fully saturated rings. The lowest BCUT2D eigenvalue weighted by molar-refractivity contribution is -0.148. The summed E-state index contributed by atoms with van der Waals surface area (Å²) in [5.41, 5.74) is 0. The summed E-state index contributed by atoms with van der Waals surface area (Å²) < 4.78 is 0. The lowest BCUT2D eigenvalue weighted by atomic mass is 9.96. The normalized spacial score (nSPS) is 23.1. The quantitative estimate of drug-likeness (QED) is 0.575. The van der Waals surface area contributed by atoms with Crippen molar-refractivity contribution in [1.82, 2.24) is 4.90 Å². The molecule has 1 rings (SSSR count). The van der Waals surface area contributed by atoms with Crippen molar-refractivity contribution in [3.8, 4) is 6.07 Å². The average Bonchev–Trinajstić information content (AvgIpc) is 2.14. The Kier molecular flexibility index (Phi) is 3.02. The van der Waals surface area contributed by atoms with Crippen molar-refractivity contribution in [2.45, 2.75) is 19.8 Å². The molecule has 1 atom stereocenters. The van der Waals surface area contributed by atoms with Crippen molar-refractivity contribution in [3.63, 3.8) is 0 Å². The van der Waals surface area contributed by atoms with Gasteiger partial charge < -0.3 is 4.90 Å². The van der Waals surface area contributed by atoms with Crippen LogP contribution in [0.25, 0.3) is 0 Å². The Balaban J connectivity index is 2.66. The molecule has 4 nitrogen and oxygen atoms in total. The Bertz CT molecular complexity index is 267. The van der Waals surface area contributed by atoms with Crippen LogP contribution in [0, 0.1) is 17.2 Å². The third-order valence-electron chi connectivity index (χ3n) is 2.15. The van der Waals surface area contributed by atoms with Crippen LogP contribution in [0.2, 0.25) is 0 Å². The van der Waals surface area contributed by atoms with Gasteiger partial charge in [0, 0.05) is 13.1 Å². The Labute approximate surface area is 77.1 Å². The van der Waals surface area contributed by atoms with Gasteiger partial charge in [-0.3, -0.25) is 9.59 Å². The summed E-state index contributed by atoms with van der Waals surface area (Å²) >= 11 is 0. The highest BCUT2D eigenvalue weighted by molar-refractivity contribution is 6.37. The summed E-state index contributed by atoms with van der Waals surface area (Å²) in [5.74, 6) is -1.73. The van der Waals surface area contributed by atoms with Crippen molar-refractivity contribution in [2.24, 2.45) is 5.92 Å². The molecular formula is C9H12N2O2. The van der Waals surface area contributed by atoms with E-state index in [-0.39, 0.29) is 0 Å². The lowest BCUT2D eigenvalue weighted by Gasteiger charge is -2.27. The maximum atomic E-state index is 11.3. The molecule has 0 aromatic heterocycles. The smallest absolute Gasteiger partial charge is 0.291 e. The van der Waals surface area contributed by atoms with Gasteiger partial charge in [-0.05, 0) is 12.8 Å². The van der Waals surface area contributed by atoms with E-state index in [1.54, 1.807) is 0 Å². The molecular weight excluding hydrogens is 168 g/mol. The molecule has 0 aromatic carbocycles. The highest BCUT2D eigenvalue weighted by Crippen LogP contribution is 2.14. The van der Waals surface area contributed by atoms with Gasteiger partial charge in [-0.1, -0.05) is 6.92 Å². The Morgan fingerprint density at radius 1 is 1.62 bits per heavy atom. The minimum Gasteiger partial charge on any atom is -0.336 e. The van der Waals surface area contributed by atoms with Gasteiger partial charge in [0.15, 0.2) is 0 Å². The van der Waals surface area contributed by atoms with Crippen LogP contribution in [0.3, 0.4) is 0 Å². The van der Waals surface area contributed by atoms with E-state index in [1.165, 1.54) is 4.90 Å². The zero-order valence-electron chi connectivity index (χ0n) is 7.62. The monoisotopic (exact) mass is 180 g/mol. The molecule has 0 aromatic rings. The first-order chi connectivity index (χ1) is 6.20.